The molecule has 2 amide bonds. The minimum absolute atomic E-state index is 0.216. The van der Waals surface area contributed by atoms with Gasteiger partial charge in [0.15, 0.2) is 23.3 Å². The maximum Gasteiger partial charge on any atom is 0.264 e. The summed E-state index contributed by atoms with van der Waals surface area (Å²) in [4.78, 5) is 29.7. The SMILES string of the molecule is COc1ccccc1NC(=O)COc1ccc(/C=C2/SC(=Nc3ccccc3)NC2=O)cc1OC. The van der Waals surface area contributed by atoms with Crippen molar-refractivity contribution in [1.82, 2.24) is 5.32 Å². The number of methoxy groups -OCH3 is 2. The summed E-state index contributed by atoms with van der Waals surface area (Å²) in [6, 6.07) is 21.7. The Kier molecular flexibility index (Phi) is 7.69. The quantitative estimate of drug-likeness (QED) is 0.449. The molecule has 0 spiro atoms. The van der Waals surface area contributed by atoms with E-state index in [0.717, 1.165) is 11.3 Å². The summed E-state index contributed by atoms with van der Waals surface area (Å²) in [5.41, 5.74) is 2.06. The van der Waals surface area contributed by atoms with Gasteiger partial charge in [0.2, 0.25) is 0 Å². The molecule has 8 nitrogen and oxygen atoms in total. The van der Waals surface area contributed by atoms with Crippen LogP contribution in [0.15, 0.2) is 82.7 Å². The number of aliphatic imine (C=N–C) groups is 1. The van der Waals surface area contributed by atoms with Crippen molar-refractivity contribution in [2.75, 3.05) is 26.1 Å². The summed E-state index contributed by atoms with van der Waals surface area (Å²) in [5, 5.41) is 6.04. The first-order valence-corrected chi connectivity index (χ1v) is 11.5. The van der Waals surface area contributed by atoms with Crippen molar-refractivity contribution in [3.05, 3.63) is 83.3 Å². The Morgan fingerprint density at radius 2 is 1.71 bits per heavy atom. The van der Waals surface area contributed by atoms with Crippen LogP contribution in [0.5, 0.6) is 17.2 Å². The number of para-hydroxylation sites is 3. The van der Waals surface area contributed by atoms with Crippen LogP contribution in [0.3, 0.4) is 0 Å². The average molecular weight is 490 g/mol. The van der Waals surface area contributed by atoms with Crippen LogP contribution in [0, 0.1) is 0 Å². The summed E-state index contributed by atoms with van der Waals surface area (Å²) in [7, 11) is 3.05. The third-order valence-corrected chi connectivity index (χ3v) is 5.77. The van der Waals surface area contributed by atoms with Gasteiger partial charge in [-0.3, -0.25) is 9.59 Å². The molecule has 0 aliphatic carbocycles. The van der Waals surface area contributed by atoms with Crippen LogP contribution in [0.25, 0.3) is 6.08 Å². The van der Waals surface area contributed by atoms with Gasteiger partial charge in [0.05, 0.1) is 30.5 Å². The van der Waals surface area contributed by atoms with Crippen LogP contribution in [-0.2, 0) is 9.59 Å². The summed E-state index contributed by atoms with van der Waals surface area (Å²) < 4.78 is 16.3. The predicted molar refractivity (Wildman–Crippen MR) is 137 cm³/mol. The highest BCUT2D eigenvalue weighted by Gasteiger charge is 2.24. The molecular formula is C26H23N3O5S. The van der Waals surface area contributed by atoms with Gasteiger partial charge < -0.3 is 24.8 Å². The molecule has 3 aromatic rings. The zero-order chi connectivity index (χ0) is 24.6. The zero-order valence-electron chi connectivity index (χ0n) is 19.1. The number of carbonyl (C=O) groups excluding carboxylic acids is 2. The second kappa shape index (κ2) is 11.3. The third kappa shape index (κ3) is 6.21. The van der Waals surface area contributed by atoms with Crippen molar-refractivity contribution in [2.45, 2.75) is 0 Å². The zero-order valence-corrected chi connectivity index (χ0v) is 19.9. The number of benzene rings is 3. The molecule has 0 atom stereocenters. The lowest BCUT2D eigenvalue weighted by Crippen LogP contribution is -2.20. The Morgan fingerprint density at radius 1 is 0.971 bits per heavy atom. The molecule has 1 saturated heterocycles. The highest BCUT2D eigenvalue weighted by Crippen LogP contribution is 2.32. The second-order valence-electron chi connectivity index (χ2n) is 7.26. The Morgan fingerprint density at radius 3 is 2.49 bits per heavy atom. The molecule has 178 valence electrons. The fourth-order valence-corrected chi connectivity index (χ4v) is 4.06. The van der Waals surface area contributed by atoms with Crippen molar-refractivity contribution in [1.29, 1.82) is 0 Å². The van der Waals surface area contributed by atoms with E-state index in [-0.39, 0.29) is 18.4 Å². The van der Waals surface area contributed by atoms with E-state index in [0.29, 0.717) is 33.0 Å². The van der Waals surface area contributed by atoms with E-state index in [9.17, 15) is 9.59 Å². The Bertz CT molecular complexity index is 1290. The lowest BCUT2D eigenvalue weighted by molar-refractivity contribution is -0.118. The lowest BCUT2D eigenvalue weighted by atomic mass is 10.2. The molecule has 2 N–H and O–H groups in total. The van der Waals surface area contributed by atoms with Crippen molar-refractivity contribution >= 4 is 46.2 Å². The standard InChI is InChI=1S/C26H23N3O5S/c1-32-20-11-7-6-10-19(20)28-24(30)16-34-21-13-12-17(14-22(21)33-2)15-23-25(31)29-26(35-23)27-18-8-4-3-5-9-18/h3-15H,16H2,1-2H3,(H,28,30)(H,27,29,31)/b23-15+. The maximum absolute atomic E-state index is 12.4. The Hall–Kier alpha value is -4.24. The molecule has 0 unspecified atom stereocenters. The number of nitrogens with zero attached hydrogens (tertiary/aromatic N) is 1. The number of amidine groups is 1. The van der Waals surface area contributed by atoms with E-state index in [1.165, 1.54) is 26.0 Å². The smallest absolute Gasteiger partial charge is 0.264 e. The molecule has 1 fully saturated rings. The van der Waals surface area contributed by atoms with Crippen LogP contribution >= 0.6 is 11.8 Å². The predicted octanol–water partition coefficient (Wildman–Crippen LogP) is 4.61. The van der Waals surface area contributed by atoms with Crippen molar-refractivity contribution < 1.29 is 23.8 Å². The Labute approximate surface area is 207 Å². The summed E-state index contributed by atoms with van der Waals surface area (Å²) in [5.74, 6) is 0.830. The molecule has 0 saturated carbocycles. The highest BCUT2D eigenvalue weighted by molar-refractivity contribution is 8.18. The van der Waals surface area contributed by atoms with E-state index < -0.39 is 0 Å². The first-order chi connectivity index (χ1) is 17.1. The van der Waals surface area contributed by atoms with E-state index in [1.54, 1.807) is 42.5 Å². The average Bonchev–Trinajstić information content (AvgIpc) is 3.22. The number of rotatable bonds is 8. The van der Waals surface area contributed by atoms with E-state index in [1.807, 2.05) is 36.4 Å². The number of anilines is 1. The number of hydrogen-bond acceptors (Lipinski definition) is 7. The molecule has 1 heterocycles. The van der Waals surface area contributed by atoms with Gasteiger partial charge in [-0.2, -0.15) is 0 Å². The van der Waals surface area contributed by atoms with Gasteiger partial charge in [-0.1, -0.05) is 36.4 Å². The molecule has 0 radical (unpaired) electrons. The van der Waals surface area contributed by atoms with Crippen LogP contribution in [0.2, 0.25) is 0 Å². The summed E-state index contributed by atoms with van der Waals surface area (Å²) in [6.45, 7) is -0.216. The van der Waals surface area contributed by atoms with Gasteiger partial charge in [0.1, 0.15) is 5.75 Å². The number of thioether (sulfide) groups is 1. The second-order valence-corrected chi connectivity index (χ2v) is 8.30. The first-order valence-electron chi connectivity index (χ1n) is 10.6. The fraction of sp³-hybridized carbons (Fsp3) is 0.115. The van der Waals surface area contributed by atoms with Crippen LogP contribution in [0.1, 0.15) is 5.56 Å². The van der Waals surface area contributed by atoms with E-state index in [2.05, 4.69) is 15.6 Å². The van der Waals surface area contributed by atoms with Gasteiger partial charge >= 0.3 is 0 Å². The van der Waals surface area contributed by atoms with Gasteiger partial charge in [0.25, 0.3) is 11.8 Å². The summed E-state index contributed by atoms with van der Waals surface area (Å²) in [6.07, 6.45) is 1.74. The number of amides is 2. The van der Waals surface area contributed by atoms with Gasteiger partial charge in [-0.05, 0) is 59.8 Å². The summed E-state index contributed by atoms with van der Waals surface area (Å²) >= 11 is 1.26. The third-order valence-electron chi connectivity index (χ3n) is 4.86. The van der Waals surface area contributed by atoms with Gasteiger partial charge in [-0.15, -0.1) is 0 Å². The monoisotopic (exact) mass is 489 g/mol. The molecule has 3 aromatic carbocycles. The molecule has 9 heteroatoms. The van der Waals surface area contributed by atoms with Crippen LogP contribution < -0.4 is 24.8 Å². The number of carbonyl (C=O) groups is 2. The maximum atomic E-state index is 12.4. The highest BCUT2D eigenvalue weighted by atomic mass is 32.2. The minimum atomic E-state index is -0.341. The largest absolute Gasteiger partial charge is 0.495 e. The molecule has 0 aromatic heterocycles. The van der Waals surface area contributed by atoms with Crippen molar-refractivity contribution in [3.8, 4) is 17.2 Å². The molecular weight excluding hydrogens is 466 g/mol. The molecule has 0 bridgehead atoms. The molecule has 35 heavy (non-hydrogen) atoms. The molecule has 4 rings (SSSR count). The van der Waals surface area contributed by atoms with E-state index in [4.69, 9.17) is 14.2 Å². The fourth-order valence-electron chi connectivity index (χ4n) is 3.22. The van der Waals surface area contributed by atoms with Crippen molar-refractivity contribution in [3.63, 3.8) is 0 Å². The topological polar surface area (TPSA) is 98.3 Å². The van der Waals surface area contributed by atoms with E-state index >= 15 is 0 Å². The van der Waals surface area contributed by atoms with Crippen LogP contribution in [0.4, 0.5) is 11.4 Å². The first kappa shape index (κ1) is 23.9. The minimum Gasteiger partial charge on any atom is -0.495 e. The normalized spacial score (nSPS) is 15.1. The molecule has 1 aliphatic rings. The van der Waals surface area contributed by atoms with Crippen LogP contribution in [-0.4, -0.2) is 37.8 Å². The van der Waals surface area contributed by atoms with Gasteiger partial charge in [-0.25, -0.2) is 4.99 Å². The number of nitrogens with one attached hydrogen (secondary N) is 2. The number of ether oxygens (including phenoxy) is 3. The molecule has 1 aliphatic heterocycles. The Balaban J connectivity index is 1.42. The van der Waals surface area contributed by atoms with Gasteiger partial charge in [0, 0.05) is 0 Å². The number of hydrogen-bond donors (Lipinski definition) is 2. The van der Waals surface area contributed by atoms with Crippen molar-refractivity contribution in [2.24, 2.45) is 4.99 Å². The lowest BCUT2D eigenvalue weighted by Gasteiger charge is -2.13.